The molecule has 0 radical (unpaired) electrons. The molecule has 3 aliphatic rings. The Bertz CT molecular complexity index is 691. The van der Waals surface area contributed by atoms with Crippen LogP contribution in [0.1, 0.15) is 94.0 Å². The first-order valence-electron chi connectivity index (χ1n) is 11.1. The van der Waals surface area contributed by atoms with Crippen molar-refractivity contribution in [1.82, 2.24) is 10.2 Å². The van der Waals surface area contributed by atoms with Gasteiger partial charge in [-0.2, -0.15) is 0 Å². The van der Waals surface area contributed by atoms with Gasteiger partial charge in [0.1, 0.15) is 0 Å². The molecule has 1 saturated heterocycles. The highest BCUT2D eigenvalue weighted by Gasteiger charge is 2.32. The number of nitrogens with one attached hydrogen (secondary N) is 1. The Kier molecular flexibility index (Phi) is 5.33. The van der Waals surface area contributed by atoms with E-state index in [9.17, 15) is 4.79 Å². The van der Waals surface area contributed by atoms with Crippen LogP contribution in [0.2, 0.25) is 0 Å². The Morgan fingerprint density at radius 1 is 1.07 bits per heavy atom. The Labute approximate surface area is 164 Å². The van der Waals surface area contributed by atoms with Crippen molar-refractivity contribution < 1.29 is 4.79 Å². The zero-order chi connectivity index (χ0) is 19.0. The Balaban J connectivity index is 1.64. The first kappa shape index (κ1) is 19.0. The average molecular weight is 369 g/mol. The number of carbonyl (C=O) groups is 1. The van der Waals surface area contributed by atoms with E-state index < -0.39 is 0 Å². The van der Waals surface area contributed by atoms with E-state index in [1.807, 2.05) is 0 Å². The Morgan fingerprint density at radius 2 is 1.85 bits per heavy atom. The summed E-state index contributed by atoms with van der Waals surface area (Å²) in [4.78, 5) is 15.3. The molecule has 148 valence electrons. The van der Waals surface area contributed by atoms with E-state index in [4.69, 9.17) is 0 Å². The molecule has 1 amide bonds. The second kappa shape index (κ2) is 7.58. The van der Waals surface area contributed by atoms with Crippen molar-refractivity contribution in [1.29, 1.82) is 0 Å². The lowest BCUT2D eigenvalue weighted by Gasteiger charge is -2.36. The molecule has 1 aliphatic carbocycles. The highest BCUT2D eigenvalue weighted by Crippen LogP contribution is 2.36. The minimum Gasteiger partial charge on any atom is -0.338 e. The van der Waals surface area contributed by atoms with Gasteiger partial charge in [0.2, 0.25) is 5.91 Å². The van der Waals surface area contributed by atoms with Gasteiger partial charge in [-0.25, -0.2) is 0 Å². The number of nitrogens with zero attached hydrogens (tertiary/aromatic N) is 1. The third-order valence-electron chi connectivity index (χ3n) is 6.94. The maximum absolute atomic E-state index is 13.1. The maximum Gasteiger partial charge on any atom is 0.225 e. The van der Waals surface area contributed by atoms with Gasteiger partial charge in [0.05, 0.1) is 0 Å². The Hall–Kier alpha value is -1.35. The van der Waals surface area contributed by atoms with Crippen molar-refractivity contribution in [2.75, 3.05) is 13.1 Å². The summed E-state index contributed by atoms with van der Waals surface area (Å²) in [5.41, 5.74) is 6.00. The molecule has 3 heteroatoms. The van der Waals surface area contributed by atoms with Crippen molar-refractivity contribution in [3.05, 3.63) is 34.4 Å². The van der Waals surface area contributed by atoms with Gasteiger partial charge in [-0.05, 0) is 66.3 Å². The summed E-state index contributed by atoms with van der Waals surface area (Å²) in [6.45, 7) is 9.76. The van der Waals surface area contributed by atoms with Gasteiger partial charge >= 0.3 is 0 Å². The maximum atomic E-state index is 13.1. The number of hydrogen-bond acceptors (Lipinski definition) is 2. The molecule has 2 heterocycles. The quantitative estimate of drug-likeness (QED) is 0.807. The topological polar surface area (TPSA) is 32.3 Å². The van der Waals surface area contributed by atoms with E-state index >= 15 is 0 Å². The number of hydrogen-bond donors (Lipinski definition) is 1. The van der Waals surface area contributed by atoms with Gasteiger partial charge in [0, 0.05) is 25.0 Å². The molecule has 0 bridgehead atoms. The molecular formula is C24H36N2O. The molecular weight excluding hydrogens is 332 g/mol. The highest BCUT2D eigenvalue weighted by molar-refractivity contribution is 5.79. The van der Waals surface area contributed by atoms with Crippen molar-refractivity contribution in [3.8, 4) is 0 Å². The summed E-state index contributed by atoms with van der Waals surface area (Å²) >= 11 is 0. The van der Waals surface area contributed by atoms with Crippen LogP contribution in [0.25, 0.3) is 0 Å². The van der Waals surface area contributed by atoms with Crippen LogP contribution < -0.4 is 5.32 Å². The van der Waals surface area contributed by atoms with Crippen LogP contribution in [-0.4, -0.2) is 23.9 Å². The van der Waals surface area contributed by atoms with Gasteiger partial charge in [-0.15, -0.1) is 0 Å². The molecule has 2 aliphatic heterocycles. The normalized spacial score (nSPS) is 24.1. The lowest BCUT2D eigenvalue weighted by Crippen LogP contribution is -2.41. The zero-order valence-electron chi connectivity index (χ0n) is 17.4. The lowest BCUT2D eigenvalue weighted by atomic mass is 9.80. The molecule has 0 spiro atoms. The second-order valence-electron chi connectivity index (χ2n) is 9.95. The third-order valence-corrected chi connectivity index (χ3v) is 6.94. The molecule has 4 rings (SSSR count). The van der Waals surface area contributed by atoms with Gasteiger partial charge in [-0.1, -0.05) is 52.2 Å². The minimum absolute atomic E-state index is 0.164. The standard InChI is InChI=1S/C24H36N2O/c1-24(2,3)19-14-18-11-13-26(23(27)17-8-5-4-6-9-17)16-21(18)20(15-19)22-10-7-12-25-22/h14-15,17,22,25H,4-13,16H2,1-3H3/t22-/m0/s1. The molecule has 1 atom stereocenters. The summed E-state index contributed by atoms with van der Waals surface area (Å²) in [6, 6.07) is 5.33. The van der Waals surface area contributed by atoms with Gasteiger partial charge < -0.3 is 10.2 Å². The van der Waals surface area contributed by atoms with E-state index in [2.05, 4.69) is 43.1 Å². The number of benzene rings is 1. The summed E-state index contributed by atoms with van der Waals surface area (Å²) in [6.07, 6.45) is 9.45. The second-order valence-corrected chi connectivity index (χ2v) is 9.95. The van der Waals surface area contributed by atoms with Crippen LogP contribution in [0, 0.1) is 5.92 Å². The molecule has 0 aromatic heterocycles. The first-order valence-corrected chi connectivity index (χ1v) is 11.1. The number of carbonyl (C=O) groups excluding carboxylic acids is 1. The molecule has 2 fully saturated rings. The first-order chi connectivity index (χ1) is 12.9. The highest BCUT2D eigenvalue weighted by atomic mass is 16.2. The smallest absolute Gasteiger partial charge is 0.225 e. The fourth-order valence-corrected chi connectivity index (χ4v) is 5.19. The average Bonchev–Trinajstić information content (AvgIpc) is 3.20. The third kappa shape index (κ3) is 3.94. The van der Waals surface area contributed by atoms with Crippen LogP contribution in [0.4, 0.5) is 0 Å². The minimum atomic E-state index is 0.164. The SMILES string of the molecule is CC(C)(C)c1cc2c(c([C@@H]3CCCN3)c1)CN(C(=O)C1CCCCC1)CC2. The van der Waals surface area contributed by atoms with Crippen molar-refractivity contribution in [3.63, 3.8) is 0 Å². The lowest BCUT2D eigenvalue weighted by molar-refractivity contribution is -0.137. The van der Waals surface area contributed by atoms with Crippen molar-refractivity contribution in [2.24, 2.45) is 5.92 Å². The summed E-state index contributed by atoms with van der Waals surface area (Å²) in [5.74, 6) is 0.702. The van der Waals surface area contributed by atoms with Crippen LogP contribution >= 0.6 is 0 Å². The molecule has 1 aromatic carbocycles. The predicted molar refractivity (Wildman–Crippen MR) is 111 cm³/mol. The van der Waals surface area contributed by atoms with Crippen molar-refractivity contribution in [2.45, 2.75) is 90.1 Å². The number of amides is 1. The zero-order valence-corrected chi connectivity index (χ0v) is 17.4. The van der Waals surface area contributed by atoms with E-state index in [0.717, 1.165) is 38.9 Å². The summed E-state index contributed by atoms with van der Waals surface area (Å²) in [5, 5.41) is 3.71. The van der Waals surface area contributed by atoms with Crippen molar-refractivity contribution >= 4 is 5.91 Å². The summed E-state index contributed by atoms with van der Waals surface area (Å²) < 4.78 is 0. The Morgan fingerprint density at radius 3 is 2.52 bits per heavy atom. The van der Waals surface area contributed by atoms with Crippen LogP contribution in [0.5, 0.6) is 0 Å². The van der Waals surface area contributed by atoms with E-state index in [1.165, 1.54) is 54.4 Å². The monoisotopic (exact) mass is 368 g/mol. The van der Waals surface area contributed by atoms with Crippen LogP contribution in [-0.2, 0) is 23.2 Å². The molecule has 1 aromatic rings. The number of rotatable bonds is 2. The fourth-order valence-electron chi connectivity index (χ4n) is 5.19. The summed E-state index contributed by atoms with van der Waals surface area (Å²) in [7, 11) is 0. The number of fused-ring (bicyclic) bond motifs is 1. The van der Waals surface area contributed by atoms with E-state index in [1.54, 1.807) is 0 Å². The fraction of sp³-hybridized carbons (Fsp3) is 0.708. The van der Waals surface area contributed by atoms with Gasteiger partial charge in [-0.3, -0.25) is 4.79 Å². The van der Waals surface area contributed by atoms with Gasteiger partial charge in [0.25, 0.3) is 0 Å². The molecule has 27 heavy (non-hydrogen) atoms. The molecule has 1 saturated carbocycles. The molecule has 0 unspecified atom stereocenters. The van der Waals surface area contributed by atoms with E-state index in [-0.39, 0.29) is 11.3 Å². The largest absolute Gasteiger partial charge is 0.338 e. The molecule has 3 nitrogen and oxygen atoms in total. The molecule has 1 N–H and O–H groups in total. The van der Waals surface area contributed by atoms with Crippen LogP contribution in [0.3, 0.4) is 0 Å². The van der Waals surface area contributed by atoms with E-state index in [0.29, 0.717) is 11.9 Å². The van der Waals surface area contributed by atoms with Crippen LogP contribution in [0.15, 0.2) is 12.1 Å². The van der Waals surface area contributed by atoms with Gasteiger partial charge in [0.15, 0.2) is 0 Å². The predicted octanol–water partition coefficient (Wildman–Crippen LogP) is 4.87.